The number of carbonyl (C=O) groups excluding carboxylic acids is 2. The van der Waals surface area contributed by atoms with E-state index >= 15 is 0 Å². The molecule has 1 saturated carbocycles. The predicted octanol–water partition coefficient (Wildman–Crippen LogP) is 4.95. The zero-order valence-corrected chi connectivity index (χ0v) is 18.7. The van der Waals surface area contributed by atoms with Gasteiger partial charge in [0.15, 0.2) is 0 Å². The first-order valence-corrected chi connectivity index (χ1v) is 11.7. The van der Waals surface area contributed by atoms with Crippen LogP contribution in [0.5, 0.6) is 0 Å². The molecule has 0 spiro atoms. The number of hydrogen-bond acceptors (Lipinski definition) is 6. The molecule has 1 saturated heterocycles. The number of amides is 2. The van der Waals surface area contributed by atoms with Gasteiger partial charge in [0.1, 0.15) is 5.69 Å². The molecule has 2 fully saturated rings. The van der Waals surface area contributed by atoms with Gasteiger partial charge in [0.2, 0.25) is 11.8 Å². The lowest BCUT2D eigenvalue weighted by Crippen LogP contribution is -2.30. The third kappa shape index (κ3) is 3.96. The topological polar surface area (TPSA) is 105 Å². The van der Waals surface area contributed by atoms with Crippen molar-refractivity contribution in [1.82, 2.24) is 0 Å². The Balaban J connectivity index is 1.29. The van der Waals surface area contributed by atoms with Crippen molar-refractivity contribution < 1.29 is 14.5 Å². The Hall–Kier alpha value is -3.94. The van der Waals surface area contributed by atoms with Crippen LogP contribution in [0.3, 0.4) is 0 Å². The third-order valence-electron chi connectivity index (χ3n) is 6.82. The van der Waals surface area contributed by atoms with Crippen LogP contribution < -0.4 is 15.5 Å². The van der Waals surface area contributed by atoms with Crippen LogP contribution in [0.2, 0.25) is 0 Å². The fraction of sp³-hybridized carbons (Fsp3) is 0.308. The lowest BCUT2D eigenvalue weighted by Gasteiger charge is -2.19. The Morgan fingerprint density at radius 2 is 1.50 bits per heavy atom. The van der Waals surface area contributed by atoms with Crippen LogP contribution in [0.4, 0.5) is 22.7 Å². The highest BCUT2D eigenvalue weighted by Gasteiger charge is 2.49. The van der Waals surface area contributed by atoms with E-state index in [1.807, 2.05) is 30.3 Å². The first kappa shape index (κ1) is 21.9. The molecule has 174 valence electrons. The summed E-state index contributed by atoms with van der Waals surface area (Å²) in [4.78, 5) is 38.2. The van der Waals surface area contributed by atoms with Gasteiger partial charge in [-0.1, -0.05) is 49.2 Å². The van der Waals surface area contributed by atoms with Gasteiger partial charge in [-0.25, -0.2) is 4.90 Å². The zero-order chi connectivity index (χ0) is 23.7. The van der Waals surface area contributed by atoms with Crippen LogP contribution in [0.15, 0.2) is 60.7 Å². The van der Waals surface area contributed by atoms with Crippen molar-refractivity contribution in [2.75, 3.05) is 28.6 Å². The van der Waals surface area contributed by atoms with E-state index in [0.717, 1.165) is 34.2 Å². The van der Waals surface area contributed by atoms with E-state index in [0.29, 0.717) is 31.6 Å². The third-order valence-corrected chi connectivity index (χ3v) is 6.82. The van der Waals surface area contributed by atoms with Crippen LogP contribution in [-0.4, -0.2) is 29.8 Å². The van der Waals surface area contributed by atoms with E-state index < -0.39 is 4.92 Å². The number of nitrogens with zero attached hydrogens (tertiary/aromatic N) is 2. The molecule has 2 N–H and O–H groups in total. The molecule has 1 heterocycles. The van der Waals surface area contributed by atoms with Gasteiger partial charge in [-0.05, 0) is 36.4 Å². The van der Waals surface area contributed by atoms with Crippen LogP contribution in [0, 0.1) is 22.0 Å². The van der Waals surface area contributed by atoms with Gasteiger partial charge in [-0.15, -0.1) is 0 Å². The van der Waals surface area contributed by atoms with Gasteiger partial charge < -0.3 is 10.6 Å². The van der Waals surface area contributed by atoms with Crippen LogP contribution in [0.1, 0.15) is 25.7 Å². The number of rotatable bonds is 7. The molecule has 2 aliphatic rings. The lowest BCUT2D eigenvalue weighted by atomic mass is 9.81. The molecule has 1 aliphatic heterocycles. The van der Waals surface area contributed by atoms with E-state index in [1.165, 1.54) is 6.07 Å². The maximum Gasteiger partial charge on any atom is 0.294 e. The van der Waals surface area contributed by atoms with E-state index in [-0.39, 0.29) is 35.0 Å². The molecule has 3 aromatic rings. The van der Waals surface area contributed by atoms with Crippen molar-refractivity contribution in [2.45, 2.75) is 25.7 Å². The summed E-state index contributed by atoms with van der Waals surface area (Å²) in [6.45, 7) is 1.01. The van der Waals surface area contributed by atoms with Crippen LogP contribution in [-0.2, 0) is 9.59 Å². The van der Waals surface area contributed by atoms with E-state index in [9.17, 15) is 19.7 Å². The summed E-state index contributed by atoms with van der Waals surface area (Å²) in [7, 11) is 0. The van der Waals surface area contributed by atoms with Crippen molar-refractivity contribution >= 4 is 45.3 Å². The first-order valence-electron chi connectivity index (χ1n) is 11.7. The summed E-state index contributed by atoms with van der Waals surface area (Å²) in [5.74, 6) is -1.05. The number of fused-ring (bicyclic) bond motifs is 2. The molecular formula is C26H26N4O4. The lowest BCUT2D eigenvalue weighted by molar-refractivity contribution is -0.383. The second kappa shape index (κ2) is 9.13. The molecule has 8 heteroatoms. The minimum atomic E-state index is -0.484. The van der Waals surface area contributed by atoms with Gasteiger partial charge in [-0.2, -0.15) is 0 Å². The van der Waals surface area contributed by atoms with E-state index in [4.69, 9.17) is 0 Å². The Bertz CT molecular complexity index is 1250. The van der Waals surface area contributed by atoms with Gasteiger partial charge in [0, 0.05) is 30.2 Å². The number of nitro groups is 1. The minimum Gasteiger partial charge on any atom is -0.383 e. The second-order valence-corrected chi connectivity index (χ2v) is 8.85. The molecule has 0 unspecified atom stereocenters. The molecule has 0 aromatic heterocycles. The highest BCUT2D eigenvalue weighted by Crippen LogP contribution is 2.41. The Morgan fingerprint density at radius 1 is 0.853 bits per heavy atom. The smallest absolute Gasteiger partial charge is 0.294 e. The summed E-state index contributed by atoms with van der Waals surface area (Å²) < 4.78 is 0. The highest BCUT2D eigenvalue weighted by atomic mass is 16.6. The molecule has 2 atom stereocenters. The summed E-state index contributed by atoms with van der Waals surface area (Å²) >= 11 is 0. The standard InChI is InChI=1S/C26H26N4O4/c31-25-20-9-3-4-10-21(20)26(32)29(25)18-12-13-23(24(16-18)30(33)34)28-15-14-27-22-11-5-7-17-6-1-2-8-19(17)22/h1-2,5-8,11-13,16,20-21,27-28H,3-4,9-10,14-15H2/t20-,21-/m1/s1. The maximum absolute atomic E-state index is 12.9. The number of benzene rings is 3. The normalized spacial score (nSPS) is 19.8. The van der Waals surface area contributed by atoms with E-state index in [1.54, 1.807) is 12.1 Å². The molecule has 0 bridgehead atoms. The molecule has 34 heavy (non-hydrogen) atoms. The average molecular weight is 459 g/mol. The molecule has 1 aliphatic carbocycles. The Morgan fingerprint density at radius 3 is 2.21 bits per heavy atom. The molecule has 3 aromatic carbocycles. The second-order valence-electron chi connectivity index (χ2n) is 8.85. The minimum absolute atomic E-state index is 0.155. The van der Waals surface area contributed by atoms with Gasteiger partial charge in [0.25, 0.3) is 5.69 Å². The van der Waals surface area contributed by atoms with Crippen molar-refractivity contribution in [2.24, 2.45) is 11.8 Å². The van der Waals surface area contributed by atoms with Gasteiger partial charge in [-0.3, -0.25) is 19.7 Å². The summed E-state index contributed by atoms with van der Waals surface area (Å²) in [6, 6.07) is 18.6. The van der Waals surface area contributed by atoms with Crippen molar-refractivity contribution in [3.63, 3.8) is 0 Å². The summed E-state index contributed by atoms with van der Waals surface area (Å²) in [6.07, 6.45) is 3.28. The van der Waals surface area contributed by atoms with Crippen LogP contribution in [0.25, 0.3) is 10.8 Å². The monoisotopic (exact) mass is 458 g/mol. The zero-order valence-electron chi connectivity index (χ0n) is 18.7. The Kier molecular flexibility index (Phi) is 5.88. The molecule has 8 nitrogen and oxygen atoms in total. The number of nitro benzene ring substituents is 1. The van der Waals surface area contributed by atoms with Crippen molar-refractivity contribution in [3.05, 3.63) is 70.8 Å². The SMILES string of the molecule is O=C1[C@@H]2CCCC[C@H]2C(=O)N1c1ccc(NCCNc2cccc3ccccc23)c([N+](=O)[O-])c1. The molecule has 5 rings (SSSR count). The largest absolute Gasteiger partial charge is 0.383 e. The van der Waals surface area contributed by atoms with Crippen LogP contribution >= 0.6 is 0 Å². The van der Waals surface area contributed by atoms with Gasteiger partial charge in [0.05, 0.1) is 22.4 Å². The molecular weight excluding hydrogens is 432 g/mol. The highest BCUT2D eigenvalue weighted by molar-refractivity contribution is 6.22. The quantitative estimate of drug-likeness (QED) is 0.225. The Labute approximate surface area is 197 Å². The summed E-state index contributed by atoms with van der Waals surface area (Å²) in [5.41, 5.74) is 1.47. The molecule has 0 radical (unpaired) electrons. The predicted molar refractivity (Wildman–Crippen MR) is 132 cm³/mol. The fourth-order valence-corrected chi connectivity index (χ4v) is 5.15. The molecule has 2 amide bonds. The fourth-order valence-electron chi connectivity index (χ4n) is 5.15. The number of carbonyl (C=O) groups is 2. The average Bonchev–Trinajstić information content (AvgIpc) is 3.12. The number of imide groups is 1. The number of hydrogen-bond donors (Lipinski definition) is 2. The summed E-state index contributed by atoms with van der Waals surface area (Å²) in [5, 5.41) is 20.5. The van der Waals surface area contributed by atoms with E-state index in [2.05, 4.69) is 22.8 Å². The number of nitrogens with one attached hydrogen (secondary N) is 2. The van der Waals surface area contributed by atoms with Crippen molar-refractivity contribution in [1.29, 1.82) is 0 Å². The van der Waals surface area contributed by atoms with Crippen molar-refractivity contribution in [3.8, 4) is 0 Å². The maximum atomic E-state index is 12.9. The first-order chi connectivity index (χ1) is 16.5. The number of anilines is 3. The van der Waals surface area contributed by atoms with Gasteiger partial charge >= 0.3 is 0 Å².